The normalized spacial score (nSPS) is 12.5. The first-order chi connectivity index (χ1) is 7.67. The Bertz CT molecular complexity index is 326. The zero-order valence-electron chi connectivity index (χ0n) is 10.3. The molecule has 1 atom stereocenters. The van der Waals surface area contributed by atoms with E-state index in [9.17, 15) is 0 Å². The highest BCUT2D eigenvalue weighted by Crippen LogP contribution is 2.20. The minimum atomic E-state index is 0.689. The molecule has 2 nitrogen and oxygen atoms in total. The molecule has 0 aromatic heterocycles. The summed E-state index contributed by atoms with van der Waals surface area (Å²) in [6.45, 7) is 6.44. The number of hydrogen-bond acceptors (Lipinski definition) is 2. The van der Waals surface area contributed by atoms with E-state index in [0.717, 1.165) is 13.1 Å². The first-order valence-electron chi connectivity index (χ1n) is 5.82. The zero-order chi connectivity index (χ0) is 12.0. The Morgan fingerprint density at radius 2 is 2.06 bits per heavy atom. The summed E-state index contributed by atoms with van der Waals surface area (Å²) in [5.74, 6) is 0.689. The van der Waals surface area contributed by atoms with Gasteiger partial charge in [-0.3, -0.25) is 0 Å². The third kappa shape index (κ3) is 4.14. The molecule has 1 aromatic rings. The number of hydrogen-bond donors (Lipinski definition) is 2. The molecule has 1 rings (SSSR count). The van der Waals surface area contributed by atoms with Crippen LogP contribution in [0.3, 0.4) is 0 Å². The Balaban J connectivity index is 2.50. The van der Waals surface area contributed by atoms with Gasteiger partial charge in [-0.25, -0.2) is 0 Å². The van der Waals surface area contributed by atoms with Crippen molar-refractivity contribution in [2.45, 2.75) is 20.3 Å². The van der Waals surface area contributed by atoms with Crippen molar-refractivity contribution in [3.8, 4) is 0 Å². The van der Waals surface area contributed by atoms with Crippen LogP contribution in [0.15, 0.2) is 22.7 Å². The summed E-state index contributed by atoms with van der Waals surface area (Å²) in [7, 11) is 2.01. The second-order valence-corrected chi connectivity index (χ2v) is 5.03. The lowest BCUT2D eigenvalue weighted by atomic mass is 10.1. The van der Waals surface area contributed by atoms with E-state index >= 15 is 0 Å². The van der Waals surface area contributed by atoms with Crippen molar-refractivity contribution in [3.63, 3.8) is 0 Å². The Kier molecular flexibility index (Phi) is 5.85. The lowest BCUT2D eigenvalue weighted by Crippen LogP contribution is -2.24. The predicted octanol–water partition coefficient (Wildman–Crippen LogP) is 3.42. The van der Waals surface area contributed by atoms with Gasteiger partial charge in [-0.15, -0.1) is 0 Å². The fraction of sp³-hybridized carbons (Fsp3) is 0.538. The second kappa shape index (κ2) is 6.92. The van der Waals surface area contributed by atoms with Crippen molar-refractivity contribution in [1.82, 2.24) is 5.32 Å². The van der Waals surface area contributed by atoms with Crippen LogP contribution < -0.4 is 10.6 Å². The smallest absolute Gasteiger partial charge is 0.0343 e. The standard InChI is InChI=1S/C13H21BrN2/c1-4-11(8-15-3)9-16-12-5-6-13(14)10(2)7-12/h5-7,11,15-16H,4,8-9H2,1-3H3. The van der Waals surface area contributed by atoms with Gasteiger partial charge < -0.3 is 10.6 Å². The summed E-state index contributed by atoms with van der Waals surface area (Å²) in [5.41, 5.74) is 2.47. The quantitative estimate of drug-likeness (QED) is 0.837. The van der Waals surface area contributed by atoms with Crippen LogP contribution in [0.1, 0.15) is 18.9 Å². The van der Waals surface area contributed by atoms with E-state index < -0.39 is 0 Å². The molecule has 1 aromatic carbocycles. The number of anilines is 1. The van der Waals surface area contributed by atoms with Crippen LogP contribution in [0.25, 0.3) is 0 Å². The van der Waals surface area contributed by atoms with E-state index in [1.54, 1.807) is 0 Å². The number of nitrogens with one attached hydrogen (secondary N) is 2. The summed E-state index contributed by atoms with van der Waals surface area (Å²) >= 11 is 3.51. The van der Waals surface area contributed by atoms with Gasteiger partial charge in [0.25, 0.3) is 0 Å². The third-order valence-electron chi connectivity index (χ3n) is 2.82. The van der Waals surface area contributed by atoms with Crippen LogP contribution in [0.4, 0.5) is 5.69 Å². The molecule has 1 unspecified atom stereocenters. The fourth-order valence-corrected chi connectivity index (χ4v) is 1.91. The maximum atomic E-state index is 3.51. The Labute approximate surface area is 107 Å². The molecular formula is C13H21BrN2. The molecule has 0 bridgehead atoms. The van der Waals surface area contributed by atoms with Crippen LogP contribution in [-0.2, 0) is 0 Å². The Morgan fingerprint density at radius 3 is 2.62 bits per heavy atom. The highest BCUT2D eigenvalue weighted by Gasteiger charge is 2.04. The van der Waals surface area contributed by atoms with Gasteiger partial charge in [-0.1, -0.05) is 29.3 Å². The maximum absolute atomic E-state index is 3.51. The summed E-state index contributed by atoms with van der Waals surface area (Å²) in [5, 5.41) is 6.72. The van der Waals surface area contributed by atoms with Crippen molar-refractivity contribution >= 4 is 21.6 Å². The zero-order valence-corrected chi connectivity index (χ0v) is 11.9. The SMILES string of the molecule is CCC(CNC)CNc1ccc(Br)c(C)c1. The third-order valence-corrected chi connectivity index (χ3v) is 3.71. The Morgan fingerprint density at radius 1 is 1.31 bits per heavy atom. The van der Waals surface area contributed by atoms with E-state index in [2.05, 4.69) is 58.6 Å². The predicted molar refractivity (Wildman–Crippen MR) is 75.1 cm³/mol. The van der Waals surface area contributed by atoms with Crippen molar-refractivity contribution < 1.29 is 0 Å². The minimum Gasteiger partial charge on any atom is -0.385 e. The number of benzene rings is 1. The van der Waals surface area contributed by atoms with E-state index in [-0.39, 0.29) is 0 Å². The molecule has 90 valence electrons. The van der Waals surface area contributed by atoms with Gasteiger partial charge in [0.15, 0.2) is 0 Å². The first kappa shape index (κ1) is 13.5. The summed E-state index contributed by atoms with van der Waals surface area (Å²) in [4.78, 5) is 0. The molecule has 0 aliphatic carbocycles. The molecule has 0 aliphatic rings. The second-order valence-electron chi connectivity index (χ2n) is 4.18. The molecule has 16 heavy (non-hydrogen) atoms. The molecule has 2 N–H and O–H groups in total. The number of halogens is 1. The van der Waals surface area contributed by atoms with Gasteiger partial charge in [0.1, 0.15) is 0 Å². The summed E-state index contributed by atoms with van der Waals surface area (Å²) in [6, 6.07) is 6.38. The number of rotatable bonds is 6. The van der Waals surface area contributed by atoms with Gasteiger partial charge in [0.2, 0.25) is 0 Å². The minimum absolute atomic E-state index is 0.689. The highest BCUT2D eigenvalue weighted by atomic mass is 79.9. The van der Waals surface area contributed by atoms with Gasteiger partial charge >= 0.3 is 0 Å². The average Bonchev–Trinajstić information content (AvgIpc) is 2.28. The van der Waals surface area contributed by atoms with Gasteiger partial charge in [0, 0.05) is 16.7 Å². The molecule has 0 heterocycles. The van der Waals surface area contributed by atoms with E-state index in [0.29, 0.717) is 5.92 Å². The lowest BCUT2D eigenvalue weighted by Gasteiger charge is -2.16. The molecular weight excluding hydrogens is 264 g/mol. The van der Waals surface area contributed by atoms with Crippen LogP contribution in [0.5, 0.6) is 0 Å². The molecule has 0 aliphatic heterocycles. The molecule has 0 saturated carbocycles. The summed E-state index contributed by atoms with van der Waals surface area (Å²) in [6.07, 6.45) is 1.20. The van der Waals surface area contributed by atoms with Crippen molar-refractivity contribution in [3.05, 3.63) is 28.2 Å². The summed E-state index contributed by atoms with van der Waals surface area (Å²) < 4.78 is 1.17. The van der Waals surface area contributed by atoms with Crippen molar-refractivity contribution in [1.29, 1.82) is 0 Å². The fourth-order valence-electron chi connectivity index (χ4n) is 1.67. The van der Waals surface area contributed by atoms with Crippen molar-refractivity contribution in [2.24, 2.45) is 5.92 Å². The van der Waals surface area contributed by atoms with Crippen LogP contribution in [0, 0.1) is 12.8 Å². The molecule has 0 spiro atoms. The van der Waals surface area contributed by atoms with Crippen molar-refractivity contribution in [2.75, 3.05) is 25.5 Å². The van der Waals surface area contributed by atoms with Crippen LogP contribution >= 0.6 is 15.9 Å². The largest absolute Gasteiger partial charge is 0.385 e. The van der Waals surface area contributed by atoms with E-state index in [1.807, 2.05) is 7.05 Å². The molecule has 0 amide bonds. The van der Waals surface area contributed by atoms with E-state index in [1.165, 1.54) is 22.1 Å². The maximum Gasteiger partial charge on any atom is 0.0343 e. The highest BCUT2D eigenvalue weighted by molar-refractivity contribution is 9.10. The monoisotopic (exact) mass is 284 g/mol. The van der Waals surface area contributed by atoms with Gasteiger partial charge in [0.05, 0.1) is 0 Å². The average molecular weight is 285 g/mol. The molecule has 0 radical (unpaired) electrons. The first-order valence-corrected chi connectivity index (χ1v) is 6.61. The van der Waals surface area contributed by atoms with Gasteiger partial charge in [-0.2, -0.15) is 0 Å². The van der Waals surface area contributed by atoms with Crippen LogP contribution in [-0.4, -0.2) is 20.1 Å². The van der Waals surface area contributed by atoms with Gasteiger partial charge in [-0.05, 0) is 50.2 Å². The molecule has 3 heteroatoms. The molecule has 0 fully saturated rings. The molecule has 0 saturated heterocycles. The van der Waals surface area contributed by atoms with E-state index in [4.69, 9.17) is 0 Å². The Hall–Kier alpha value is -0.540. The number of aryl methyl sites for hydroxylation is 1. The van der Waals surface area contributed by atoms with Crippen LogP contribution in [0.2, 0.25) is 0 Å². The topological polar surface area (TPSA) is 24.1 Å². The lowest BCUT2D eigenvalue weighted by molar-refractivity contribution is 0.506.